The molecule has 1 aromatic heterocycles. The van der Waals surface area contributed by atoms with Crippen LogP contribution in [0, 0.1) is 13.8 Å². The van der Waals surface area contributed by atoms with Gasteiger partial charge in [0.15, 0.2) is 0 Å². The molecule has 4 nitrogen and oxygen atoms in total. The van der Waals surface area contributed by atoms with Crippen LogP contribution in [0.4, 0.5) is 13.2 Å². The number of thiazole rings is 1. The minimum Gasteiger partial charge on any atom is -0.241 e. The number of halogens is 3. The second-order valence-corrected chi connectivity index (χ2v) is 9.23. The van der Waals surface area contributed by atoms with Crippen LogP contribution in [0.2, 0.25) is 0 Å². The molecule has 3 aromatic rings. The highest BCUT2D eigenvalue weighted by Crippen LogP contribution is 2.31. The molecule has 0 spiro atoms. The van der Waals surface area contributed by atoms with Gasteiger partial charge in [-0.15, -0.1) is 11.3 Å². The van der Waals surface area contributed by atoms with Crippen LogP contribution < -0.4 is 4.72 Å². The minimum absolute atomic E-state index is 0.173. The van der Waals surface area contributed by atoms with Crippen LogP contribution in [-0.4, -0.2) is 19.9 Å². The number of aromatic nitrogens is 1. The Kier molecular flexibility index (Phi) is 6.11. The molecule has 0 unspecified atom stereocenters. The number of nitrogens with one attached hydrogen (secondary N) is 1. The molecule has 29 heavy (non-hydrogen) atoms. The largest absolute Gasteiger partial charge is 0.416 e. The van der Waals surface area contributed by atoms with Gasteiger partial charge in [-0.25, -0.2) is 18.1 Å². The fraction of sp³-hybridized carbons (Fsp3) is 0.250. The van der Waals surface area contributed by atoms with Crippen molar-refractivity contribution in [3.8, 4) is 10.6 Å². The first-order chi connectivity index (χ1) is 13.6. The predicted octanol–water partition coefficient (Wildman–Crippen LogP) is 4.97. The van der Waals surface area contributed by atoms with Crippen molar-refractivity contribution in [2.75, 3.05) is 6.54 Å². The van der Waals surface area contributed by atoms with Gasteiger partial charge in [0.25, 0.3) is 0 Å². The van der Waals surface area contributed by atoms with Crippen molar-refractivity contribution >= 4 is 21.4 Å². The van der Waals surface area contributed by atoms with E-state index in [0.29, 0.717) is 28.2 Å². The first-order valence-electron chi connectivity index (χ1n) is 8.75. The molecule has 3 rings (SSSR count). The molecule has 0 aliphatic rings. The maximum atomic E-state index is 12.7. The van der Waals surface area contributed by atoms with Crippen molar-refractivity contribution in [2.45, 2.75) is 31.3 Å². The fourth-order valence-electron chi connectivity index (χ4n) is 2.74. The monoisotopic (exact) mass is 440 g/mol. The smallest absolute Gasteiger partial charge is 0.241 e. The summed E-state index contributed by atoms with van der Waals surface area (Å²) in [6.45, 7) is 3.74. The molecule has 0 aliphatic carbocycles. The zero-order valence-corrected chi connectivity index (χ0v) is 17.4. The molecule has 2 aromatic carbocycles. The lowest BCUT2D eigenvalue weighted by atomic mass is 10.1. The van der Waals surface area contributed by atoms with Crippen molar-refractivity contribution in [3.05, 3.63) is 70.2 Å². The van der Waals surface area contributed by atoms with Crippen LogP contribution in [0.25, 0.3) is 10.6 Å². The Morgan fingerprint density at radius 1 is 1.07 bits per heavy atom. The molecule has 0 atom stereocenters. The second-order valence-electron chi connectivity index (χ2n) is 6.64. The topological polar surface area (TPSA) is 59.1 Å². The van der Waals surface area contributed by atoms with E-state index in [-0.39, 0.29) is 11.4 Å². The molecule has 0 saturated heterocycles. The average Bonchev–Trinajstić information content (AvgIpc) is 3.12. The number of rotatable bonds is 6. The fourth-order valence-corrected chi connectivity index (χ4v) is 4.96. The molecule has 0 bridgehead atoms. The number of benzene rings is 2. The summed E-state index contributed by atoms with van der Waals surface area (Å²) in [5.74, 6) is 0. The zero-order valence-electron chi connectivity index (χ0n) is 15.7. The van der Waals surface area contributed by atoms with Gasteiger partial charge in [0.1, 0.15) is 5.01 Å². The van der Waals surface area contributed by atoms with E-state index in [1.54, 1.807) is 24.4 Å². The third-order valence-corrected chi connectivity index (χ3v) is 6.86. The summed E-state index contributed by atoms with van der Waals surface area (Å²) >= 11 is 1.31. The molecule has 0 saturated carbocycles. The highest BCUT2D eigenvalue weighted by molar-refractivity contribution is 7.89. The summed E-state index contributed by atoms with van der Waals surface area (Å²) in [5, 5.41) is 2.37. The summed E-state index contributed by atoms with van der Waals surface area (Å²) in [7, 11) is -3.63. The summed E-state index contributed by atoms with van der Waals surface area (Å²) in [5.41, 5.74) is 2.08. The molecule has 154 valence electrons. The van der Waals surface area contributed by atoms with Crippen LogP contribution in [0.3, 0.4) is 0 Å². The molecule has 0 aliphatic heterocycles. The number of nitrogens with zero attached hydrogens (tertiary/aromatic N) is 1. The van der Waals surface area contributed by atoms with Crippen LogP contribution in [0.15, 0.2) is 52.7 Å². The van der Waals surface area contributed by atoms with Gasteiger partial charge < -0.3 is 0 Å². The highest BCUT2D eigenvalue weighted by atomic mass is 32.2. The van der Waals surface area contributed by atoms with Crippen LogP contribution in [0.1, 0.15) is 22.4 Å². The number of alkyl halides is 3. The summed E-state index contributed by atoms with van der Waals surface area (Å²) in [6, 6.07) is 10.1. The molecule has 9 heteroatoms. The quantitative estimate of drug-likeness (QED) is 0.589. The van der Waals surface area contributed by atoms with Crippen molar-refractivity contribution in [1.29, 1.82) is 0 Å². The normalized spacial score (nSPS) is 12.3. The van der Waals surface area contributed by atoms with E-state index >= 15 is 0 Å². The van der Waals surface area contributed by atoms with Crippen LogP contribution in [0.5, 0.6) is 0 Å². The molecule has 1 N–H and O–H groups in total. The minimum atomic E-state index is -4.38. The van der Waals surface area contributed by atoms with Crippen molar-refractivity contribution in [2.24, 2.45) is 0 Å². The molecule has 0 amide bonds. The first-order valence-corrected chi connectivity index (χ1v) is 11.1. The second kappa shape index (κ2) is 8.25. The van der Waals surface area contributed by atoms with E-state index in [1.807, 2.05) is 13.0 Å². The van der Waals surface area contributed by atoms with E-state index in [2.05, 4.69) is 9.71 Å². The van der Waals surface area contributed by atoms with Gasteiger partial charge in [-0.3, -0.25) is 0 Å². The lowest BCUT2D eigenvalue weighted by molar-refractivity contribution is -0.137. The number of hydrogen-bond donors (Lipinski definition) is 1. The first kappa shape index (κ1) is 21.5. The summed E-state index contributed by atoms with van der Waals surface area (Å²) in [6.07, 6.45) is -4.00. The lowest BCUT2D eigenvalue weighted by Gasteiger charge is -2.09. The van der Waals surface area contributed by atoms with Gasteiger partial charge in [0.05, 0.1) is 16.2 Å². The Hall–Kier alpha value is -2.23. The number of sulfonamides is 1. The van der Waals surface area contributed by atoms with Gasteiger partial charge in [0, 0.05) is 23.9 Å². The van der Waals surface area contributed by atoms with E-state index < -0.39 is 21.8 Å². The van der Waals surface area contributed by atoms with E-state index in [1.165, 1.54) is 23.5 Å². The molecule has 0 radical (unpaired) electrons. The Bertz CT molecular complexity index is 1110. The van der Waals surface area contributed by atoms with Crippen molar-refractivity contribution in [3.63, 3.8) is 0 Å². The Morgan fingerprint density at radius 3 is 2.41 bits per heavy atom. The van der Waals surface area contributed by atoms with Gasteiger partial charge in [-0.1, -0.05) is 24.3 Å². The van der Waals surface area contributed by atoms with E-state index in [9.17, 15) is 21.6 Å². The summed E-state index contributed by atoms with van der Waals surface area (Å²) in [4.78, 5) is 4.65. The molecular formula is C20H19F3N2O2S2. The standard InChI is InChI=1S/C20H19F3N2O2S2/c1-13-3-4-14(2)18(11-13)29(26,27)24-10-9-17-12-28-19(25-17)15-5-7-16(8-6-15)20(21,22)23/h3-8,11-12,24H,9-10H2,1-2H3. The zero-order chi connectivity index (χ0) is 21.2. The van der Waals surface area contributed by atoms with Crippen molar-refractivity contribution in [1.82, 2.24) is 9.71 Å². The Balaban J connectivity index is 1.64. The summed E-state index contributed by atoms with van der Waals surface area (Å²) < 4.78 is 65.6. The van der Waals surface area contributed by atoms with Gasteiger partial charge in [0.2, 0.25) is 10.0 Å². The van der Waals surface area contributed by atoms with E-state index in [4.69, 9.17) is 0 Å². The average molecular weight is 441 g/mol. The van der Waals surface area contributed by atoms with Gasteiger partial charge in [-0.2, -0.15) is 13.2 Å². The molecular weight excluding hydrogens is 421 g/mol. The van der Waals surface area contributed by atoms with Crippen LogP contribution in [-0.2, 0) is 22.6 Å². The third kappa shape index (κ3) is 5.23. The molecule has 1 heterocycles. The Labute approximate surface area is 171 Å². The van der Waals surface area contributed by atoms with E-state index in [0.717, 1.165) is 17.7 Å². The van der Waals surface area contributed by atoms with Crippen molar-refractivity contribution < 1.29 is 21.6 Å². The lowest BCUT2D eigenvalue weighted by Crippen LogP contribution is -2.26. The SMILES string of the molecule is Cc1ccc(C)c(S(=O)(=O)NCCc2csc(-c3ccc(C(F)(F)F)cc3)n2)c1. The van der Waals surface area contributed by atoms with Gasteiger partial charge in [-0.05, 0) is 43.2 Å². The molecule has 0 fully saturated rings. The van der Waals surface area contributed by atoms with Crippen LogP contribution >= 0.6 is 11.3 Å². The number of aryl methyl sites for hydroxylation is 2. The number of hydrogen-bond acceptors (Lipinski definition) is 4. The predicted molar refractivity (Wildman–Crippen MR) is 107 cm³/mol. The highest BCUT2D eigenvalue weighted by Gasteiger charge is 2.30. The maximum absolute atomic E-state index is 12.7. The maximum Gasteiger partial charge on any atom is 0.416 e. The van der Waals surface area contributed by atoms with Gasteiger partial charge >= 0.3 is 6.18 Å². The Morgan fingerprint density at radius 2 is 1.76 bits per heavy atom. The third-order valence-electron chi connectivity index (χ3n) is 4.32.